The molecule has 264 valence electrons. The molecule has 3 aromatic rings. The smallest absolute Gasteiger partial charge is 0.408 e. The number of nitrogens with one attached hydrogen (secondary N) is 2. The van der Waals surface area contributed by atoms with Gasteiger partial charge in [-0.2, -0.15) is 5.10 Å². The highest BCUT2D eigenvalue weighted by molar-refractivity contribution is 6.21. The molecule has 0 radical (unpaired) electrons. The van der Waals surface area contributed by atoms with Gasteiger partial charge < -0.3 is 20.1 Å². The molecule has 2 N–H and O–H groups in total. The molecule has 0 saturated heterocycles. The Morgan fingerprint density at radius 2 is 1.71 bits per heavy atom. The van der Waals surface area contributed by atoms with Gasteiger partial charge in [0.15, 0.2) is 5.65 Å². The SMILES string of the molecule is COC[C@@H](NC[C@@H]1[C@H](CN2C(=O)c3ccccc3C2=O)C1(F)F)c1cnn2cc([C@@H](NC(=O)OC(C)(C)C)C3CCC(F)(F)CC3)nc2c1. The number of hydrogen-bond donors (Lipinski definition) is 2. The highest BCUT2D eigenvalue weighted by Gasteiger charge is 2.68. The number of aromatic nitrogens is 3. The molecular weight excluding hydrogens is 648 g/mol. The molecule has 6 rings (SSSR count). The van der Waals surface area contributed by atoms with E-state index in [4.69, 9.17) is 14.5 Å². The molecule has 1 aromatic carbocycles. The van der Waals surface area contributed by atoms with E-state index in [0.717, 1.165) is 4.90 Å². The second-order valence-corrected chi connectivity index (χ2v) is 14.1. The van der Waals surface area contributed by atoms with Crippen LogP contribution in [-0.4, -0.2) is 81.7 Å². The zero-order chi connectivity index (χ0) is 35.3. The number of hydrogen-bond acceptors (Lipinski definition) is 8. The fourth-order valence-electron chi connectivity index (χ4n) is 6.81. The minimum absolute atomic E-state index is 0.117. The molecule has 2 aromatic heterocycles. The lowest BCUT2D eigenvalue weighted by atomic mass is 9.81. The summed E-state index contributed by atoms with van der Waals surface area (Å²) in [5.41, 5.74) is 1.07. The Bertz CT molecular complexity index is 1700. The number of rotatable bonds is 11. The van der Waals surface area contributed by atoms with E-state index >= 15 is 0 Å². The van der Waals surface area contributed by atoms with E-state index in [1.54, 1.807) is 51.4 Å². The Morgan fingerprint density at radius 1 is 1.06 bits per heavy atom. The van der Waals surface area contributed by atoms with Crippen molar-refractivity contribution in [3.8, 4) is 0 Å². The van der Waals surface area contributed by atoms with Crippen molar-refractivity contribution >= 4 is 23.6 Å². The summed E-state index contributed by atoms with van der Waals surface area (Å²) in [6.07, 6.45) is 2.24. The Balaban J connectivity index is 1.16. The van der Waals surface area contributed by atoms with Crippen molar-refractivity contribution < 1.29 is 41.4 Å². The number of nitrogens with zero attached hydrogens (tertiary/aromatic N) is 4. The van der Waals surface area contributed by atoms with Gasteiger partial charge in [-0.3, -0.25) is 14.5 Å². The first-order chi connectivity index (χ1) is 23.1. The van der Waals surface area contributed by atoms with Crippen molar-refractivity contribution in [3.63, 3.8) is 0 Å². The van der Waals surface area contributed by atoms with Gasteiger partial charge in [-0.15, -0.1) is 0 Å². The number of ether oxygens (including phenoxy) is 2. The standard InChI is InChI=1S/C34H40F4N6O5/c1-32(2,3)49-31(47)42-28(19-9-11-33(35,36)12-10-19)25-17-44-27(41-25)13-20(14-40-44)26(18-48-4)39-15-23-24(34(23,37)38)16-43-29(45)21-7-5-6-8-22(21)30(43)46/h5-8,13-14,17,19,23-24,26,28,39H,9-12,15-16,18H2,1-4H3,(H,42,47)/t23-,24+,26-,28+/m1/s1. The van der Waals surface area contributed by atoms with Crippen LogP contribution in [0.25, 0.3) is 5.65 Å². The molecule has 0 spiro atoms. The summed E-state index contributed by atoms with van der Waals surface area (Å²) < 4.78 is 70.3. The van der Waals surface area contributed by atoms with Crippen LogP contribution < -0.4 is 10.6 Å². The van der Waals surface area contributed by atoms with Crippen LogP contribution in [0.15, 0.2) is 42.7 Å². The molecule has 0 bridgehead atoms. The number of halogens is 4. The van der Waals surface area contributed by atoms with E-state index in [2.05, 4.69) is 15.7 Å². The van der Waals surface area contributed by atoms with Crippen molar-refractivity contribution in [2.45, 2.75) is 76.0 Å². The van der Waals surface area contributed by atoms with Gasteiger partial charge in [0, 0.05) is 39.0 Å². The molecule has 4 atom stereocenters. The van der Waals surface area contributed by atoms with Gasteiger partial charge in [0.2, 0.25) is 5.92 Å². The molecule has 2 saturated carbocycles. The van der Waals surface area contributed by atoms with Crippen molar-refractivity contribution in [1.29, 1.82) is 0 Å². The average molecular weight is 689 g/mol. The first kappa shape index (κ1) is 34.7. The Kier molecular flexibility index (Phi) is 9.20. The van der Waals surface area contributed by atoms with E-state index in [9.17, 15) is 31.9 Å². The number of benzene rings is 1. The van der Waals surface area contributed by atoms with Gasteiger partial charge in [0.25, 0.3) is 17.7 Å². The van der Waals surface area contributed by atoms with Gasteiger partial charge in [-0.25, -0.2) is 31.9 Å². The van der Waals surface area contributed by atoms with Crippen LogP contribution in [-0.2, 0) is 9.47 Å². The number of imidazole rings is 1. The van der Waals surface area contributed by atoms with Gasteiger partial charge >= 0.3 is 6.09 Å². The van der Waals surface area contributed by atoms with Gasteiger partial charge in [0.1, 0.15) is 5.60 Å². The summed E-state index contributed by atoms with van der Waals surface area (Å²) >= 11 is 0. The van der Waals surface area contributed by atoms with Gasteiger partial charge in [0.05, 0.1) is 53.8 Å². The second kappa shape index (κ2) is 13.0. The Labute approximate surface area is 280 Å². The number of imide groups is 1. The van der Waals surface area contributed by atoms with E-state index in [0.29, 0.717) is 16.9 Å². The third kappa shape index (κ3) is 7.28. The number of carbonyl (C=O) groups excluding carboxylic acids is 3. The Hall–Kier alpha value is -4.11. The quantitative estimate of drug-likeness (QED) is 0.198. The second-order valence-electron chi connectivity index (χ2n) is 14.1. The van der Waals surface area contributed by atoms with Gasteiger partial charge in [-0.05, 0) is 63.3 Å². The van der Waals surface area contributed by atoms with Crippen LogP contribution in [0, 0.1) is 17.8 Å². The normalized spacial score (nSPS) is 23.0. The van der Waals surface area contributed by atoms with Crippen molar-refractivity contribution in [1.82, 2.24) is 30.1 Å². The zero-order valence-electron chi connectivity index (χ0n) is 27.7. The van der Waals surface area contributed by atoms with E-state index in [1.165, 1.54) is 23.8 Å². The molecule has 49 heavy (non-hydrogen) atoms. The molecule has 2 aliphatic carbocycles. The number of fused-ring (bicyclic) bond motifs is 2. The number of methoxy groups -OCH3 is 1. The lowest BCUT2D eigenvalue weighted by Gasteiger charge is -2.33. The van der Waals surface area contributed by atoms with Gasteiger partial charge in [-0.1, -0.05) is 12.1 Å². The summed E-state index contributed by atoms with van der Waals surface area (Å²) in [5.74, 6) is -9.62. The third-order valence-electron chi connectivity index (χ3n) is 9.53. The molecule has 2 fully saturated rings. The van der Waals surface area contributed by atoms with Crippen molar-refractivity contribution in [2.75, 3.05) is 26.8 Å². The topological polar surface area (TPSA) is 127 Å². The maximum Gasteiger partial charge on any atom is 0.408 e. The summed E-state index contributed by atoms with van der Waals surface area (Å²) in [6.45, 7) is 4.79. The first-order valence-corrected chi connectivity index (χ1v) is 16.4. The maximum absolute atomic E-state index is 15.0. The molecule has 3 aliphatic rings. The molecule has 3 heterocycles. The van der Waals surface area contributed by atoms with Crippen LogP contribution in [0.5, 0.6) is 0 Å². The zero-order valence-corrected chi connectivity index (χ0v) is 27.7. The minimum Gasteiger partial charge on any atom is -0.444 e. The number of alkyl carbamates (subject to hydrolysis) is 1. The van der Waals surface area contributed by atoms with Crippen LogP contribution >= 0.6 is 0 Å². The predicted molar refractivity (Wildman–Crippen MR) is 168 cm³/mol. The molecule has 1 aliphatic heterocycles. The lowest BCUT2D eigenvalue weighted by molar-refractivity contribution is -0.0500. The van der Waals surface area contributed by atoms with Crippen LogP contribution in [0.2, 0.25) is 0 Å². The number of alkyl halides is 4. The molecule has 0 unspecified atom stereocenters. The van der Waals surface area contributed by atoms with E-state index in [1.807, 2.05) is 0 Å². The largest absolute Gasteiger partial charge is 0.444 e. The van der Waals surface area contributed by atoms with Crippen LogP contribution in [0.3, 0.4) is 0 Å². The molecule has 3 amide bonds. The maximum atomic E-state index is 15.0. The minimum atomic E-state index is -3.08. The number of carbonyl (C=O) groups is 3. The fourth-order valence-corrected chi connectivity index (χ4v) is 6.81. The van der Waals surface area contributed by atoms with Crippen LogP contribution in [0.4, 0.5) is 22.4 Å². The molecule has 15 heteroatoms. The van der Waals surface area contributed by atoms with E-state index in [-0.39, 0.29) is 62.4 Å². The first-order valence-electron chi connectivity index (χ1n) is 16.4. The lowest BCUT2D eigenvalue weighted by Crippen LogP contribution is -2.40. The average Bonchev–Trinajstić information content (AvgIpc) is 3.27. The summed E-state index contributed by atoms with van der Waals surface area (Å²) in [6, 6.07) is 6.72. The fraction of sp³-hybridized carbons (Fsp3) is 0.559. The Morgan fingerprint density at radius 3 is 2.33 bits per heavy atom. The summed E-state index contributed by atoms with van der Waals surface area (Å²) in [7, 11) is 1.48. The third-order valence-corrected chi connectivity index (χ3v) is 9.53. The molecular formula is C34H40F4N6O5. The van der Waals surface area contributed by atoms with Crippen molar-refractivity contribution in [3.05, 3.63) is 65.1 Å². The molecule has 11 nitrogen and oxygen atoms in total. The summed E-state index contributed by atoms with van der Waals surface area (Å²) in [5, 5.41) is 10.4. The van der Waals surface area contributed by atoms with Crippen LogP contribution in [0.1, 0.15) is 90.5 Å². The predicted octanol–water partition coefficient (Wildman–Crippen LogP) is 5.58. The van der Waals surface area contributed by atoms with Crippen molar-refractivity contribution in [2.24, 2.45) is 17.8 Å². The highest BCUT2D eigenvalue weighted by Crippen LogP contribution is 2.55. The summed E-state index contributed by atoms with van der Waals surface area (Å²) in [4.78, 5) is 43.9. The monoisotopic (exact) mass is 688 g/mol. The highest BCUT2D eigenvalue weighted by atomic mass is 19.3. The van der Waals surface area contributed by atoms with E-state index < -0.39 is 59.3 Å². The number of amides is 3.